The third-order valence-electron chi connectivity index (χ3n) is 2.72. The van der Waals surface area contributed by atoms with Crippen molar-refractivity contribution < 1.29 is 9.90 Å². The van der Waals surface area contributed by atoms with Crippen LogP contribution in [0.3, 0.4) is 0 Å². The van der Waals surface area contributed by atoms with Gasteiger partial charge in [-0.2, -0.15) is 0 Å². The maximum atomic E-state index is 10.5. The fourth-order valence-electron chi connectivity index (χ4n) is 1.75. The average Bonchev–Trinajstić information content (AvgIpc) is 2.38. The Labute approximate surface area is 99.7 Å². The van der Waals surface area contributed by atoms with Crippen LogP contribution >= 0.6 is 0 Å². The highest BCUT2D eigenvalue weighted by Crippen LogP contribution is 2.15. The largest absolute Gasteiger partial charge is 0.545 e. The summed E-state index contributed by atoms with van der Waals surface area (Å²) < 4.78 is 0. The van der Waals surface area contributed by atoms with Gasteiger partial charge >= 0.3 is 0 Å². The molecule has 0 unspecified atom stereocenters. The lowest BCUT2D eigenvalue weighted by Crippen LogP contribution is -2.23. The van der Waals surface area contributed by atoms with E-state index in [1.54, 1.807) is 12.1 Å². The molecule has 0 spiro atoms. The molecule has 2 rings (SSSR count). The van der Waals surface area contributed by atoms with Crippen molar-refractivity contribution in [3.05, 3.63) is 29.8 Å². The molecule has 0 N–H and O–H groups in total. The van der Waals surface area contributed by atoms with Gasteiger partial charge in [-0.3, -0.25) is 5.01 Å². The number of carbonyl (C=O) groups is 1. The van der Waals surface area contributed by atoms with Gasteiger partial charge in [-0.15, -0.1) is 5.11 Å². The minimum atomic E-state index is -1.18. The second-order valence-electron chi connectivity index (χ2n) is 4.04. The van der Waals surface area contributed by atoms with Crippen molar-refractivity contribution in [1.29, 1.82) is 0 Å². The molecule has 0 bridgehead atoms. The van der Waals surface area contributed by atoms with E-state index in [0.717, 1.165) is 25.9 Å². The number of carbonyl (C=O) groups excluding carboxylic acids is 1. The van der Waals surface area contributed by atoms with E-state index in [0.29, 0.717) is 5.69 Å². The molecule has 5 nitrogen and oxygen atoms in total. The van der Waals surface area contributed by atoms with E-state index in [4.69, 9.17) is 0 Å². The minimum absolute atomic E-state index is 0.155. The molecule has 1 aliphatic heterocycles. The van der Waals surface area contributed by atoms with E-state index in [9.17, 15) is 9.90 Å². The zero-order chi connectivity index (χ0) is 12.1. The van der Waals surface area contributed by atoms with Crippen molar-refractivity contribution in [3.8, 4) is 0 Å². The highest BCUT2D eigenvalue weighted by molar-refractivity contribution is 5.86. The summed E-state index contributed by atoms with van der Waals surface area (Å²) in [6, 6.07) is 6.19. The smallest absolute Gasteiger partial charge is 0.0874 e. The van der Waals surface area contributed by atoms with E-state index in [2.05, 4.69) is 10.3 Å². The zero-order valence-electron chi connectivity index (χ0n) is 9.50. The predicted molar refractivity (Wildman–Crippen MR) is 60.7 cm³/mol. The van der Waals surface area contributed by atoms with Gasteiger partial charge < -0.3 is 9.90 Å². The summed E-state index contributed by atoms with van der Waals surface area (Å²) in [4.78, 5) is 10.5. The van der Waals surface area contributed by atoms with Gasteiger partial charge in [0.2, 0.25) is 0 Å². The van der Waals surface area contributed by atoms with Crippen molar-refractivity contribution in [2.24, 2.45) is 10.3 Å². The molecular formula is C12H14N3O2-. The number of aromatic carboxylic acids is 1. The fraction of sp³-hybridized carbons (Fsp3) is 0.417. The van der Waals surface area contributed by atoms with E-state index in [1.165, 1.54) is 18.6 Å². The van der Waals surface area contributed by atoms with Gasteiger partial charge in [-0.25, -0.2) is 0 Å². The van der Waals surface area contributed by atoms with Crippen molar-refractivity contribution in [3.63, 3.8) is 0 Å². The van der Waals surface area contributed by atoms with Crippen LogP contribution in [-0.4, -0.2) is 24.1 Å². The second-order valence-corrected chi connectivity index (χ2v) is 4.04. The monoisotopic (exact) mass is 232 g/mol. The lowest BCUT2D eigenvalue weighted by Gasteiger charge is -2.21. The van der Waals surface area contributed by atoms with Gasteiger partial charge in [0.25, 0.3) is 0 Å². The standard InChI is InChI=1S/C12H15N3O2/c16-12(17)10-4-6-11(7-5-10)13-14-15-8-2-1-3-9-15/h4-7H,1-3,8-9H2,(H,16,17)/p-1. The van der Waals surface area contributed by atoms with Crippen molar-refractivity contribution in [2.45, 2.75) is 19.3 Å². The summed E-state index contributed by atoms with van der Waals surface area (Å²) in [7, 11) is 0. The first-order chi connectivity index (χ1) is 8.25. The molecule has 0 aromatic heterocycles. The van der Waals surface area contributed by atoms with Gasteiger partial charge in [0.05, 0.1) is 11.7 Å². The molecule has 0 saturated carbocycles. The number of piperidine rings is 1. The number of carboxylic acid groups (broad SMARTS) is 1. The first kappa shape index (κ1) is 11.6. The second kappa shape index (κ2) is 5.43. The molecule has 0 radical (unpaired) electrons. The Balaban J connectivity index is 1.98. The van der Waals surface area contributed by atoms with Crippen LogP contribution in [0.1, 0.15) is 29.6 Å². The molecule has 0 atom stereocenters. The quantitative estimate of drug-likeness (QED) is 0.742. The Morgan fingerprint density at radius 3 is 2.35 bits per heavy atom. The zero-order valence-corrected chi connectivity index (χ0v) is 9.50. The van der Waals surface area contributed by atoms with Gasteiger partial charge in [0.1, 0.15) is 0 Å². The van der Waals surface area contributed by atoms with Crippen LogP contribution in [0.2, 0.25) is 0 Å². The van der Waals surface area contributed by atoms with E-state index in [1.807, 2.05) is 5.01 Å². The number of nitrogens with zero attached hydrogens (tertiary/aromatic N) is 3. The van der Waals surface area contributed by atoms with Gasteiger partial charge in [-0.1, -0.05) is 17.4 Å². The van der Waals surface area contributed by atoms with Crippen molar-refractivity contribution >= 4 is 11.7 Å². The fourth-order valence-corrected chi connectivity index (χ4v) is 1.75. The first-order valence-electron chi connectivity index (χ1n) is 5.74. The van der Waals surface area contributed by atoms with E-state index >= 15 is 0 Å². The Bertz CT molecular complexity index is 408. The first-order valence-corrected chi connectivity index (χ1v) is 5.74. The number of hydrogen-bond acceptors (Lipinski definition) is 4. The highest BCUT2D eigenvalue weighted by atomic mass is 16.4. The molecule has 0 aliphatic carbocycles. The van der Waals surface area contributed by atoms with Crippen LogP contribution in [0.25, 0.3) is 0 Å². The molecule has 1 aliphatic rings. The molecule has 0 amide bonds. The number of rotatable bonds is 3. The molecule has 1 aromatic rings. The van der Waals surface area contributed by atoms with Crippen molar-refractivity contribution in [1.82, 2.24) is 5.01 Å². The summed E-state index contributed by atoms with van der Waals surface area (Å²) in [6.45, 7) is 1.89. The third-order valence-corrected chi connectivity index (χ3v) is 2.72. The van der Waals surface area contributed by atoms with Gasteiger partial charge in [0, 0.05) is 13.1 Å². The number of benzene rings is 1. The van der Waals surface area contributed by atoms with E-state index < -0.39 is 5.97 Å². The number of hydrogen-bond donors (Lipinski definition) is 0. The minimum Gasteiger partial charge on any atom is -0.545 e. The summed E-state index contributed by atoms with van der Waals surface area (Å²) in [5, 5.41) is 20.7. The SMILES string of the molecule is O=C([O-])c1ccc(N=NN2CCCCC2)cc1. The van der Waals surface area contributed by atoms with E-state index in [-0.39, 0.29) is 5.56 Å². The molecule has 1 aromatic carbocycles. The van der Waals surface area contributed by atoms with Gasteiger partial charge in [0.15, 0.2) is 0 Å². The van der Waals surface area contributed by atoms with Crippen LogP contribution < -0.4 is 5.11 Å². The molecule has 1 saturated heterocycles. The number of carboxylic acids is 1. The Morgan fingerprint density at radius 2 is 1.76 bits per heavy atom. The normalized spacial score (nSPS) is 16.4. The van der Waals surface area contributed by atoms with Crippen LogP contribution in [0.5, 0.6) is 0 Å². The lowest BCUT2D eigenvalue weighted by atomic mass is 10.2. The highest BCUT2D eigenvalue weighted by Gasteiger charge is 2.06. The molecular weight excluding hydrogens is 218 g/mol. The summed E-state index contributed by atoms with van der Waals surface area (Å²) in [6.07, 6.45) is 3.57. The topological polar surface area (TPSA) is 68.1 Å². The maximum absolute atomic E-state index is 10.5. The van der Waals surface area contributed by atoms with Gasteiger partial charge in [-0.05, 0) is 37.0 Å². The Hall–Kier alpha value is -1.91. The maximum Gasteiger partial charge on any atom is 0.0874 e. The Kier molecular flexibility index (Phi) is 3.69. The van der Waals surface area contributed by atoms with Crippen LogP contribution in [0.4, 0.5) is 5.69 Å². The molecule has 5 heteroatoms. The van der Waals surface area contributed by atoms with Crippen LogP contribution in [-0.2, 0) is 0 Å². The predicted octanol–water partition coefficient (Wildman–Crippen LogP) is 1.53. The summed E-state index contributed by atoms with van der Waals surface area (Å²) in [5.41, 5.74) is 0.808. The molecule has 17 heavy (non-hydrogen) atoms. The lowest BCUT2D eigenvalue weighted by molar-refractivity contribution is -0.255. The Morgan fingerprint density at radius 1 is 1.12 bits per heavy atom. The third kappa shape index (κ3) is 3.27. The molecule has 90 valence electrons. The van der Waals surface area contributed by atoms with Crippen molar-refractivity contribution in [2.75, 3.05) is 13.1 Å². The molecule has 1 heterocycles. The summed E-state index contributed by atoms with van der Waals surface area (Å²) in [5.74, 6) is -1.18. The molecule has 1 fully saturated rings. The van der Waals surface area contributed by atoms with Crippen LogP contribution in [0, 0.1) is 0 Å². The average molecular weight is 232 g/mol. The van der Waals surface area contributed by atoms with Crippen LogP contribution in [0.15, 0.2) is 34.6 Å². The summed E-state index contributed by atoms with van der Waals surface area (Å²) >= 11 is 0.